The van der Waals surface area contributed by atoms with Gasteiger partial charge in [-0.25, -0.2) is 0 Å². The molecule has 2 nitrogen and oxygen atoms in total. The maximum atomic E-state index is 6.06. The van der Waals surface area contributed by atoms with E-state index in [1.54, 1.807) is 0 Å². The number of nitrogens with zero attached hydrogens (tertiary/aromatic N) is 1. The van der Waals surface area contributed by atoms with Gasteiger partial charge in [0.2, 0.25) is 0 Å². The first kappa shape index (κ1) is 13.1. The number of halogens is 1. The zero-order valence-corrected chi connectivity index (χ0v) is 11.4. The Labute approximate surface area is 113 Å². The van der Waals surface area contributed by atoms with Crippen LogP contribution in [0.1, 0.15) is 22.9 Å². The van der Waals surface area contributed by atoms with Crippen LogP contribution in [0.2, 0.25) is 5.02 Å². The quantitative estimate of drug-likeness (QED) is 0.910. The lowest BCUT2D eigenvalue weighted by molar-refractivity contribution is 0.584. The fourth-order valence-electron chi connectivity index (χ4n) is 2.00. The van der Waals surface area contributed by atoms with Gasteiger partial charge in [-0.3, -0.25) is 4.98 Å². The molecule has 18 heavy (non-hydrogen) atoms. The van der Waals surface area contributed by atoms with Gasteiger partial charge < -0.3 is 5.32 Å². The summed E-state index contributed by atoms with van der Waals surface area (Å²) in [7, 11) is 1.97. The SMILES string of the molecule is CNC(Cc1ccccn1)c1ccc(Cl)c(C)c1. The van der Waals surface area contributed by atoms with E-state index in [9.17, 15) is 0 Å². The number of pyridine rings is 1. The van der Waals surface area contributed by atoms with Gasteiger partial charge in [0.05, 0.1) is 0 Å². The van der Waals surface area contributed by atoms with Gasteiger partial charge in [-0.2, -0.15) is 0 Å². The zero-order valence-electron chi connectivity index (χ0n) is 10.7. The number of aromatic nitrogens is 1. The average molecular weight is 261 g/mol. The Balaban J connectivity index is 2.20. The van der Waals surface area contributed by atoms with E-state index in [2.05, 4.69) is 22.4 Å². The summed E-state index contributed by atoms with van der Waals surface area (Å²) in [6, 6.07) is 12.4. The molecule has 1 unspecified atom stereocenters. The van der Waals surface area contributed by atoms with Crippen molar-refractivity contribution >= 4 is 11.6 Å². The second-order valence-electron chi connectivity index (χ2n) is 4.38. The number of likely N-dealkylation sites (N-methyl/N-ethyl adjacent to an activating group) is 1. The molecule has 0 aliphatic carbocycles. The molecule has 0 saturated heterocycles. The lowest BCUT2D eigenvalue weighted by Gasteiger charge is -2.17. The topological polar surface area (TPSA) is 24.9 Å². The van der Waals surface area contributed by atoms with Crippen LogP contribution in [0, 0.1) is 6.92 Å². The molecule has 3 heteroatoms. The van der Waals surface area contributed by atoms with E-state index in [1.807, 2.05) is 44.4 Å². The van der Waals surface area contributed by atoms with Gasteiger partial charge in [-0.05, 0) is 43.3 Å². The molecule has 0 saturated carbocycles. The summed E-state index contributed by atoms with van der Waals surface area (Å²) in [5, 5.41) is 4.14. The first-order valence-electron chi connectivity index (χ1n) is 6.04. The number of hydrogen-bond acceptors (Lipinski definition) is 2. The van der Waals surface area contributed by atoms with Crippen LogP contribution in [0.4, 0.5) is 0 Å². The molecule has 1 aromatic carbocycles. The highest BCUT2D eigenvalue weighted by Gasteiger charge is 2.11. The van der Waals surface area contributed by atoms with Crippen LogP contribution in [-0.4, -0.2) is 12.0 Å². The van der Waals surface area contributed by atoms with Crippen molar-refractivity contribution in [3.63, 3.8) is 0 Å². The Morgan fingerprint density at radius 2 is 2.11 bits per heavy atom. The van der Waals surface area contributed by atoms with Crippen LogP contribution in [0.25, 0.3) is 0 Å². The molecule has 0 radical (unpaired) electrons. The third kappa shape index (κ3) is 3.09. The molecule has 0 aliphatic rings. The molecule has 0 aliphatic heterocycles. The predicted octanol–water partition coefficient (Wildman–Crippen LogP) is 3.55. The smallest absolute Gasteiger partial charge is 0.0435 e. The summed E-state index contributed by atoms with van der Waals surface area (Å²) in [6.07, 6.45) is 2.70. The van der Waals surface area contributed by atoms with Crippen LogP contribution in [0.5, 0.6) is 0 Å². The predicted molar refractivity (Wildman–Crippen MR) is 75.9 cm³/mol. The molecule has 2 rings (SSSR count). The molecular weight excluding hydrogens is 244 g/mol. The van der Waals surface area contributed by atoms with Gasteiger partial charge in [0, 0.05) is 29.4 Å². The minimum atomic E-state index is 0.260. The van der Waals surface area contributed by atoms with Gasteiger partial charge in [-0.1, -0.05) is 29.8 Å². The number of benzene rings is 1. The van der Waals surface area contributed by atoms with Crippen LogP contribution in [-0.2, 0) is 6.42 Å². The molecule has 1 N–H and O–H groups in total. The monoisotopic (exact) mass is 260 g/mol. The third-order valence-corrected chi connectivity index (χ3v) is 3.50. The zero-order chi connectivity index (χ0) is 13.0. The fourth-order valence-corrected chi connectivity index (χ4v) is 2.12. The Morgan fingerprint density at radius 3 is 2.72 bits per heavy atom. The van der Waals surface area contributed by atoms with E-state index in [-0.39, 0.29) is 6.04 Å². The van der Waals surface area contributed by atoms with Crippen molar-refractivity contribution in [2.75, 3.05) is 7.05 Å². The summed E-state index contributed by atoms with van der Waals surface area (Å²) >= 11 is 6.06. The Hall–Kier alpha value is -1.38. The molecule has 2 aromatic rings. The Bertz CT molecular complexity index is 511. The number of aryl methyl sites for hydroxylation is 1. The summed E-state index contributed by atoms with van der Waals surface area (Å²) in [6.45, 7) is 2.03. The molecule has 0 bridgehead atoms. The number of nitrogens with one attached hydrogen (secondary N) is 1. The molecule has 1 aromatic heterocycles. The van der Waals surface area contributed by atoms with E-state index in [1.165, 1.54) is 5.56 Å². The van der Waals surface area contributed by atoms with Crippen LogP contribution in [0.15, 0.2) is 42.6 Å². The number of rotatable bonds is 4. The molecule has 0 amide bonds. The average Bonchev–Trinajstić information content (AvgIpc) is 2.40. The van der Waals surface area contributed by atoms with E-state index >= 15 is 0 Å². The third-order valence-electron chi connectivity index (χ3n) is 3.07. The van der Waals surface area contributed by atoms with Crippen molar-refractivity contribution in [3.05, 3.63) is 64.4 Å². The summed E-state index contributed by atoms with van der Waals surface area (Å²) in [5.41, 5.74) is 3.44. The lowest BCUT2D eigenvalue weighted by Crippen LogP contribution is -2.19. The van der Waals surface area contributed by atoms with Crippen molar-refractivity contribution in [1.29, 1.82) is 0 Å². The lowest BCUT2D eigenvalue weighted by atomic mass is 10.00. The molecule has 94 valence electrons. The van der Waals surface area contributed by atoms with Crippen LogP contribution in [0.3, 0.4) is 0 Å². The van der Waals surface area contributed by atoms with E-state index in [4.69, 9.17) is 11.6 Å². The maximum Gasteiger partial charge on any atom is 0.0435 e. The highest BCUT2D eigenvalue weighted by Crippen LogP contribution is 2.22. The van der Waals surface area contributed by atoms with E-state index in [0.29, 0.717) is 0 Å². The van der Waals surface area contributed by atoms with Crippen molar-refractivity contribution in [2.24, 2.45) is 0 Å². The second-order valence-corrected chi connectivity index (χ2v) is 4.78. The first-order chi connectivity index (χ1) is 8.70. The largest absolute Gasteiger partial charge is 0.313 e. The van der Waals surface area contributed by atoms with Gasteiger partial charge in [0.25, 0.3) is 0 Å². The van der Waals surface area contributed by atoms with Gasteiger partial charge in [0.1, 0.15) is 0 Å². The Kier molecular flexibility index (Phi) is 4.34. The van der Waals surface area contributed by atoms with E-state index in [0.717, 1.165) is 22.7 Å². The van der Waals surface area contributed by atoms with Crippen molar-refractivity contribution in [3.8, 4) is 0 Å². The normalized spacial score (nSPS) is 12.4. The van der Waals surface area contributed by atoms with Crippen molar-refractivity contribution in [2.45, 2.75) is 19.4 Å². The van der Waals surface area contributed by atoms with Crippen LogP contribution < -0.4 is 5.32 Å². The van der Waals surface area contributed by atoms with Crippen molar-refractivity contribution < 1.29 is 0 Å². The maximum absolute atomic E-state index is 6.06. The minimum absolute atomic E-state index is 0.260. The standard InChI is InChI=1S/C15H17ClN2/c1-11-9-12(6-7-14(11)16)15(17-2)10-13-5-3-4-8-18-13/h3-9,15,17H,10H2,1-2H3. The number of hydrogen-bond donors (Lipinski definition) is 1. The van der Waals surface area contributed by atoms with Crippen LogP contribution >= 0.6 is 11.6 Å². The molecule has 1 heterocycles. The highest BCUT2D eigenvalue weighted by atomic mass is 35.5. The molecule has 0 spiro atoms. The fraction of sp³-hybridized carbons (Fsp3) is 0.267. The highest BCUT2D eigenvalue weighted by molar-refractivity contribution is 6.31. The molecular formula is C15H17ClN2. The van der Waals surface area contributed by atoms with Crippen molar-refractivity contribution in [1.82, 2.24) is 10.3 Å². The molecule has 1 atom stereocenters. The summed E-state index contributed by atoms with van der Waals surface area (Å²) in [5.74, 6) is 0. The Morgan fingerprint density at radius 1 is 1.28 bits per heavy atom. The first-order valence-corrected chi connectivity index (χ1v) is 6.41. The summed E-state index contributed by atoms with van der Waals surface area (Å²) < 4.78 is 0. The second kappa shape index (κ2) is 5.98. The summed E-state index contributed by atoms with van der Waals surface area (Å²) in [4.78, 5) is 4.37. The molecule has 0 fully saturated rings. The van der Waals surface area contributed by atoms with Gasteiger partial charge >= 0.3 is 0 Å². The minimum Gasteiger partial charge on any atom is -0.313 e. The van der Waals surface area contributed by atoms with Gasteiger partial charge in [-0.15, -0.1) is 0 Å². The van der Waals surface area contributed by atoms with E-state index < -0.39 is 0 Å². The van der Waals surface area contributed by atoms with Gasteiger partial charge in [0.15, 0.2) is 0 Å².